The zero-order chi connectivity index (χ0) is 20.2. The first kappa shape index (κ1) is 19.0. The first-order valence-electron chi connectivity index (χ1n) is 9.04. The molecule has 29 heavy (non-hydrogen) atoms. The predicted molar refractivity (Wildman–Crippen MR) is 117 cm³/mol. The lowest BCUT2D eigenvalue weighted by atomic mass is 10.1. The Morgan fingerprint density at radius 3 is 2.66 bits per heavy atom. The second-order valence-electron chi connectivity index (χ2n) is 6.49. The normalized spacial score (nSPS) is 11.1. The third-order valence-electron chi connectivity index (χ3n) is 4.41. The van der Waals surface area contributed by atoms with E-state index in [4.69, 9.17) is 4.42 Å². The number of aryl methyl sites for hydroxylation is 1. The van der Waals surface area contributed by atoms with Crippen molar-refractivity contribution in [2.24, 2.45) is 5.10 Å². The molecule has 0 saturated carbocycles. The Kier molecular flexibility index (Phi) is 5.44. The summed E-state index contributed by atoms with van der Waals surface area (Å²) in [5, 5.41) is 4.04. The van der Waals surface area contributed by atoms with Gasteiger partial charge in [0.25, 0.3) is 5.91 Å². The van der Waals surface area contributed by atoms with Crippen LogP contribution in [0, 0.1) is 6.92 Å². The zero-order valence-electron chi connectivity index (χ0n) is 15.7. The summed E-state index contributed by atoms with van der Waals surface area (Å²) >= 11 is 3.56. The maximum atomic E-state index is 12.6. The molecule has 0 saturated heterocycles. The first-order valence-corrected chi connectivity index (χ1v) is 9.83. The van der Waals surface area contributed by atoms with Gasteiger partial charge in [-0.2, -0.15) is 5.10 Å². The molecule has 0 aliphatic heterocycles. The molecule has 1 amide bonds. The highest BCUT2D eigenvalue weighted by Crippen LogP contribution is 2.30. The summed E-state index contributed by atoms with van der Waals surface area (Å²) in [6.45, 7) is 2.03. The van der Waals surface area contributed by atoms with Crippen molar-refractivity contribution in [2.75, 3.05) is 0 Å². The molecule has 0 aliphatic rings. The maximum Gasteiger partial charge on any atom is 0.273 e. The van der Waals surface area contributed by atoms with Gasteiger partial charge in [0, 0.05) is 22.4 Å². The smallest absolute Gasteiger partial charge is 0.273 e. The highest BCUT2D eigenvalue weighted by Gasteiger charge is 2.11. The van der Waals surface area contributed by atoms with Gasteiger partial charge in [-0.15, -0.1) is 0 Å². The standard InChI is InChI=1S/C23H18BrN3O2/c1-16-8-10-18(20(24)14-16)22-11-9-17(29-22)15-25-26-23(28)19-6-2-3-7-21(19)27-12-4-5-13-27/h2-15H,1H3,(H,26,28)/b25-15-. The van der Waals surface area contributed by atoms with Crippen LogP contribution in [0.5, 0.6) is 0 Å². The van der Waals surface area contributed by atoms with Crippen molar-refractivity contribution >= 4 is 28.1 Å². The Morgan fingerprint density at radius 2 is 1.86 bits per heavy atom. The minimum absolute atomic E-state index is 0.293. The molecule has 2 aromatic heterocycles. The zero-order valence-corrected chi connectivity index (χ0v) is 17.3. The molecule has 0 unspecified atom stereocenters. The Bertz CT molecular complexity index is 1180. The molecule has 0 aliphatic carbocycles. The number of para-hydroxylation sites is 1. The van der Waals surface area contributed by atoms with E-state index in [1.165, 1.54) is 6.21 Å². The van der Waals surface area contributed by atoms with E-state index in [1.807, 2.05) is 84.5 Å². The summed E-state index contributed by atoms with van der Waals surface area (Å²) in [5.41, 5.74) is 6.01. The average molecular weight is 448 g/mol. The number of halogens is 1. The lowest BCUT2D eigenvalue weighted by molar-refractivity contribution is 0.0955. The second kappa shape index (κ2) is 8.32. The molecule has 0 bridgehead atoms. The number of benzene rings is 2. The lowest BCUT2D eigenvalue weighted by Crippen LogP contribution is -2.19. The van der Waals surface area contributed by atoms with Gasteiger partial charge in [0.05, 0.1) is 17.5 Å². The molecule has 2 heterocycles. The van der Waals surface area contributed by atoms with Crippen molar-refractivity contribution in [1.82, 2.24) is 9.99 Å². The van der Waals surface area contributed by atoms with Crippen LogP contribution < -0.4 is 5.43 Å². The molecule has 0 radical (unpaired) electrons. The summed E-state index contributed by atoms with van der Waals surface area (Å²) in [6.07, 6.45) is 5.27. The average Bonchev–Trinajstić information content (AvgIpc) is 3.40. The van der Waals surface area contributed by atoms with Crippen LogP contribution in [-0.2, 0) is 0 Å². The first-order chi connectivity index (χ1) is 14.1. The molecule has 5 nitrogen and oxygen atoms in total. The number of amides is 1. The van der Waals surface area contributed by atoms with Gasteiger partial charge in [-0.3, -0.25) is 4.79 Å². The molecular formula is C23H18BrN3O2. The number of nitrogens with one attached hydrogen (secondary N) is 1. The molecule has 1 N–H and O–H groups in total. The van der Waals surface area contributed by atoms with E-state index in [2.05, 4.69) is 26.5 Å². The number of carbonyl (C=O) groups is 1. The fraction of sp³-hybridized carbons (Fsp3) is 0.0435. The monoisotopic (exact) mass is 447 g/mol. The Hall–Kier alpha value is -3.38. The number of rotatable bonds is 5. The van der Waals surface area contributed by atoms with Crippen LogP contribution >= 0.6 is 15.9 Å². The number of hydrazone groups is 1. The molecule has 6 heteroatoms. The number of aromatic nitrogens is 1. The molecular weight excluding hydrogens is 430 g/mol. The van der Waals surface area contributed by atoms with Crippen LogP contribution in [0.4, 0.5) is 0 Å². The van der Waals surface area contributed by atoms with Gasteiger partial charge >= 0.3 is 0 Å². The quantitative estimate of drug-likeness (QED) is 0.321. The highest BCUT2D eigenvalue weighted by atomic mass is 79.9. The van der Waals surface area contributed by atoms with Gasteiger partial charge in [0.1, 0.15) is 11.5 Å². The topological polar surface area (TPSA) is 59.5 Å². The Balaban J connectivity index is 1.48. The minimum Gasteiger partial charge on any atom is -0.455 e. The van der Waals surface area contributed by atoms with Crippen molar-refractivity contribution in [3.63, 3.8) is 0 Å². The highest BCUT2D eigenvalue weighted by molar-refractivity contribution is 9.10. The number of carbonyl (C=O) groups excluding carboxylic acids is 1. The number of nitrogens with zero attached hydrogens (tertiary/aromatic N) is 2. The van der Waals surface area contributed by atoms with Crippen LogP contribution in [0.15, 0.2) is 93.1 Å². The Morgan fingerprint density at radius 1 is 1.07 bits per heavy atom. The van der Waals surface area contributed by atoms with E-state index in [0.717, 1.165) is 27.0 Å². The van der Waals surface area contributed by atoms with Gasteiger partial charge in [0.15, 0.2) is 0 Å². The SMILES string of the molecule is Cc1ccc(-c2ccc(/C=N\NC(=O)c3ccccc3-n3cccc3)o2)c(Br)c1. The summed E-state index contributed by atoms with van der Waals surface area (Å²) in [4.78, 5) is 12.6. The van der Waals surface area contributed by atoms with E-state index in [1.54, 1.807) is 6.07 Å². The van der Waals surface area contributed by atoms with E-state index in [-0.39, 0.29) is 5.91 Å². The van der Waals surface area contributed by atoms with Crippen molar-refractivity contribution in [1.29, 1.82) is 0 Å². The van der Waals surface area contributed by atoms with Crippen molar-refractivity contribution < 1.29 is 9.21 Å². The van der Waals surface area contributed by atoms with E-state index < -0.39 is 0 Å². The van der Waals surface area contributed by atoms with Crippen LogP contribution in [0.2, 0.25) is 0 Å². The Labute approximate surface area is 176 Å². The van der Waals surface area contributed by atoms with Crippen LogP contribution in [0.1, 0.15) is 21.7 Å². The lowest BCUT2D eigenvalue weighted by Gasteiger charge is -2.08. The summed E-state index contributed by atoms with van der Waals surface area (Å²) < 4.78 is 8.67. The molecule has 4 aromatic rings. The summed E-state index contributed by atoms with van der Waals surface area (Å²) in [6, 6.07) is 20.9. The van der Waals surface area contributed by atoms with Crippen molar-refractivity contribution in [3.05, 3.63) is 100 Å². The van der Waals surface area contributed by atoms with Crippen LogP contribution in [-0.4, -0.2) is 16.7 Å². The van der Waals surface area contributed by atoms with E-state index in [9.17, 15) is 4.79 Å². The summed E-state index contributed by atoms with van der Waals surface area (Å²) in [5.74, 6) is 0.979. The summed E-state index contributed by atoms with van der Waals surface area (Å²) in [7, 11) is 0. The van der Waals surface area contributed by atoms with Gasteiger partial charge in [-0.1, -0.05) is 34.1 Å². The number of furan rings is 1. The fourth-order valence-electron chi connectivity index (χ4n) is 2.99. The second-order valence-corrected chi connectivity index (χ2v) is 7.35. The third-order valence-corrected chi connectivity index (χ3v) is 5.06. The van der Waals surface area contributed by atoms with Gasteiger partial charge in [-0.25, -0.2) is 5.43 Å². The number of hydrogen-bond acceptors (Lipinski definition) is 3. The maximum absolute atomic E-state index is 12.6. The van der Waals surface area contributed by atoms with Gasteiger partial charge in [-0.05, 0) is 61.0 Å². The molecule has 0 atom stereocenters. The molecule has 0 spiro atoms. The fourth-order valence-corrected chi connectivity index (χ4v) is 3.68. The van der Waals surface area contributed by atoms with E-state index in [0.29, 0.717) is 11.3 Å². The van der Waals surface area contributed by atoms with Crippen LogP contribution in [0.25, 0.3) is 17.0 Å². The minimum atomic E-state index is -0.293. The molecule has 0 fully saturated rings. The van der Waals surface area contributed by atoms with Crippen molar-refractivity contribution in [2.45, 2.75) is 6.92 Å². The number of hydrogen-bond donors (Lipinski definition) is 1. The molecule has 144 valence electrons. The molecule has 2 aromatic carbocycles. The predicted octanol–water partition coefficient (Wildman–Crippen LogP) is 5.57. The van der Waals surface area contributed by atoms with Gasteiger partial charge < -0.3 is 8.98 Å². The molecule has 4 rings (SSSR count). The van der Waals surface area contributed by atoms with Crippen molar-refractivity contribution in [3.8, 4) is 17.0 Å². The van der Waals surface area contributed by atoms with Crippen LogP contribution in [0.3, 0.4) is 0 Å². The third kappa shape index (κ3) is 4.22. The van der Waals surface area contributed by atoms with Gasteiger partial charge in [0.2, 0.25) is 0 Å². The van der Waals surface area contributed by atoms with E-state index >= 15 is 0 Å². The largest absolute Gasteiger partial charge is 0.455 e.